The maximum absolute atomic E-state index is 4.45. The van der Waals surface area contributed by atoms with Gasteiger partial charge in [0.2, 0.25) is 0 Å². The molecule has 1 heterocycles. The Bertz CT molecular complexity index is 333. The number of nitrogens with zero attached hydrogens (tertiary/aromatic N) is 1. The van der Waals surface area contributed by atoms with E-state index < -0.39 is 0 Å². The summed E-state index contributed by atoms with van der Waals surface area (Å²) >= 11 is 0. The van der Waals surface area contributed by atoms with E-state index in [1.807, 2.05) is 6.92 Å². The summed E-state index contributed by atoms with van der Waals surface area (Å²) in [6.07, 6.45) is 2.66. The Balaban J connectivity index is 2.09. The highest BCUT2D eigenvalue weighted by Gasteiger charge is 2.26. The lowest BCUT2D eigenvalue weighted by Crippen LogP contribution is -2.36. The number of aromatic nitrogens is 1. The molecule has 76 valence electrons. The van der Waals surface area contributed by atoms with Crippen LogP contribution in [-0.4, -0.2) is 11.0 Å². The first-order valence-electron chi connectivity index (χ1n) is 5.37. The molecule has 2 unspecified atom stereocenters. The van der Waals surface area contributed by atoms with E-state index in [0.717, 1.165) is 17.3 Å². The third-order valence-corrected chi connectivity index (χ3v) is 3.19. The van der Waals surface area contributed by atoms with Gasteiger partial charge in [-0.2, -0.15) is 0 Å². The molecule has 0 bridgehead atoms. The van der Waals surface area contributed by atoms with E-state index in [9.17, 15) is 0 Å². The van der Waals surface area contributed by atoms with Gasteiger partial charge in [-0.3, -0.25) is 4.98 Å². The fourth-order valence-electron chi connectivity index (χ4n) is 1.92. The normalized spacial score (nSPS) is 25.6. The van der Waals surface area contributed by atoms with E-state index in [1.165, 1.54) is 18.5 Å². The third kappa shape index (κ3) is 1.74. The zero-order valence-electron chi connectivity index (χ0n) is 9.17. The Morgan fingerprint density at radius 3 is 2.57 bits per heavy atom. The Kier molecular flexibility index (Phi) is 2.44. The Labute approximate surface area is 85.7 Å². The monoisotopic (exact) mass is 190 g/mol. The fourth-order valence-corrected chi connectivity index (χ4v) is 1.92. The second-order valence-corrected chi connectivity index (χ2v) is 4.39. The summed E-state index contributed by atoms with van der Waals surface area (Å²) in [6.45, 7) is 6.40. The van der Waals surface area contributed by atoms with Crippen LogP contribution in [0.2, 0.25) is 0 Å². The predicted molar refractivity (Wildman–Crippen MR) is 59.5 cm³/mol. The van der Waals surface area contributed by atoms with Crippen molar-refractivity contribution in [3.8, 4) is 0 Å². The zero-order valence-corrected chi connectivity index (χ0v) is 9.17. The molecule has 2 nitrogen and oxygen atoms in total. The average molecular weight is 190 g/mol. The van der Waals surface area contributed by atoms with Crippen LogP contribution in [0.4, 0.5) is 5.69 Å². The van der Waals surface area contributed by atoms with Crippen molar-refractivity contribution in [3.63, 3.8) is 0 Å². The van der Waals surface area contributed by atoms with E-state index in [1.54, 1.807) is 0 Å². The van der Waals surface area contributed by atoms with E-state index in [4.69, 9.17) is 0 Å². The van der Waals surface area contributed by atoms with Crippen molar-refractivity contribution in [2.24, 2.45) is 5.92 Å². The van der Waals surface area contributed by atoms with Gasteiger partial charge in [-0.25, -0.2) is 0 Å². The molecule has 0 aliphatic heterocycles. The van der Waals surface area contributed by atoms with Gasteiger partial charge >= 0.3 is 0 Å². The average Bonchev–Trinajstić information content (AvgIpc) is 2.14. The van der Waals surface area contributed by atoms with Crippen LogP contribution in [0, 0.1) is 19.8 Å². The first kappa shape index (κ1) is 9.50. The lowest BCUT2D eigenvalue weighted by atomic mass is 9.81. The smallest absolute Gasteiger partial charge is 0.0606 e. The number of hydrogen-bond acceptors (Lipinski definition) is 2. The van der Waals surface area contributed by atoms with Crippen LogP contribution >= 0.6 is 0 Å². The summed E-state index contributed by atoms with van der Waals surface area (Å²) < 4.78 is 0. The van der Waals surface area contributed by atoms with Gasteiger partial charge in [0, 0.05) is 11.7 Å². The standard InChI is InChI=1S/C12H18N2/c1-8-4-6-11(8)14-12-7-5-9(2)13-10(12)3/h5,7-8,11,14H,4,6H2,1-3H3. The summed E-state index contributed by atoms with van der Waals surface area (Å²) in [6, 6.07) is 4.87. The van der Waals surface area contributed by atoms with Gasteiger partial charge < -0.3 is 5.32 Å². The van der Waals surface area contributed by atoms with Gasteiger partial charge in [0.05, 0.1) is 11.4 Å². The minimum atomic E-state index is 0.665. The molecule has 0 amide bonds. The van der Waals surface area contributed by atoms with Crippen molar-refractivity contribution in [1.82, 2.24) is 4.98 Å². The highest BCUT2D eigenvalue weighted by molar-refractivity contribution is 5.48. The van der Waals surface area contributed by atoms with Gasteiger partial charge in [0.15, 0.2) is 0 Å². The summed E-state index contributed by atoms with van der Waals surface area (Å²) in [4.78, 5) is 4.45. The molecular formula is C12H18N2. The van der Waals surface area contributed by atoms with Crippen LogP contribution in [0.1, 0.15) is 31.2 Å². The van der Waals surface area contributed by atoms with Crippen molar-refractivity contribution in [3.05, 3.63) is 23.5 Å². The molecule has 1 aliphatic rings. The van der Waals surface area contributed by atoms with Crippen molar-refractivity contribution < 1.29 is 0 Å². The molecule has 1 aliphatic carbocycles. The van der Waals surface area contributed by atoms with Crippen LogP contribution in [0.15, 0.2) is 12.1 Å². The second kappa shape index (κ2) is 3.60. The van der Waals surface area contributed by atoms with Crippen molar-refractivity contribution in [1.29, 1.82) is 0 Å². The van der Waals surface area contributed by atoms with Gasteiger partial charge in [0.25, 0.3) is 0 Å². The molecule has 14 heavy (non-hydrogen) atoms. The maximum atomic E-state index is 4.45. The molecular weight excluding hydrogens is 172 g/mol. The van der Waals surface area contributed by atoms with Crippen LogP contribution in [0.3, 0.4) is 0 Å². The quantitative estimate of drug-likeness (QED) is 0.775. The minimum Gasteiger partial charge on any atom is -0.381 e. The minimum absolute atomic E-state index is 0.665. The topological polar surface area (TPSA) is 24.9 Å². The number of anilines is 1. The second-order valence-electron chi connectivity index (χ2n) is 4.39. The summed E-state index contributed by atoms with van der Waals surface area (Å²) in [5, 5.41) is 3.56. The predicted octanol–water partition coefficient (Wildman–Crippen LogP) is 2.91. The Morgan fingerprint density at radius 2 is 2.07 bits per heavy atom. The Hall–Kier alpha value is -1.05. The first-order valence-corrected chi connectivity index (χ1v) is 5.37. The third-order valence-electron chi connectivity index (χ3n) is 3.19. The van der Waals surface area contributed by atoms with E-state index in [2.05, 4.69) is 36.3 Å². The van der Waals surface area contributed by atoms with E-state index >= 15 is 0 Å². The van der Waals surface area contributed by atoms with Crippen LogP contribution < -0.4 is 5.32 Å². The number of rotatable bonds is 2. The van der Waals surface area contributed by atoms with E-state index in [-0.39, 0.29) is 0 Å². The largest absolute Gasteiger partial charge is 0.381 e. The lowest BCUT2D eigenvalue weighted by Gasteiger charge is -2.35. The maximum Gasteiger partial charge on any atom is 0.0606 e. The molecule has 1 aromatic heterocycles. The van der Waals surface area contributed by atoms with Gasteiger partial charge in [-0.1, -0.05) is 6.92 Å². The van der Waals surface area contributed by atoms with Crippen LogP contribution in [-0.2, 0) is 0 Å². The number of nitrogens with one attached hydrogen (secondary N) is 1. The molecule has 1 N–H and O–H groups in total. The number of pyridine rings is 1. The van der Waals surface area contributed by atoms with Crippen molar-refractivity contribution in [2.45, 2.75) is 39.7 Å². The molecule has 0 saturated heterocycles. The summed E-state index contributed by atoms with van der Waals surface area (Å²) in [5.41, 5.74) is 3.41. The highest BCUT2D eigenvalue weighted by atomic mass is 15.0. The molecule has 2 heteroatoms. The zero-order chi connectivity index (χ0) is 10.1. The van der Waals surface area contributed by atoms with E-state index in [0.29, 0.717) is 6.04 Å². The van der Waals surface area contributed by atoms with Crippen LogP contribution in [0.25, 0.3) is 0 Å². The molecule has 2 atom stereocenters. The molecule has 1 saturated carbocycles. The highest BCUT2D eigenvalue weighted by Crippen LogP contribution is 2.30. The molecule has 0 spiro atoms. The fraction of sp³-hybridized carbons (Fsp3) is 0.583. The molecule has 1 fully saturated rings. The van der Waals surface area contributed by atoms with Gasteiger partial charge in [0.1, 0.15) is 0 Å². The molecule has 1 aromatic rings. The summed E-state index contributed by atoms with van der Waals surface area (Å²) in [7, 11) is 0. The first-order chi connectivity index (χ1) is 6.66. The molecule has 2 rings (SSSR count). The SMILES string of the molecule is Cc1ccc(NC2CCC2C)c(C)n1. The number of hydrogen-bond donors (Lipinski definition) is 1. The lowest BCUT2D eigenvalue weighted by molar-refractivity contribution is 0.303. The summed E-state index contributed by atoms with van der Waals surface area (Å²) in [5.74, 6) is 0.815. The molecule has 0 aromatic carbocycles. The van der Waals surface area contributed by atoms with Crippen molar-refractivity contribution >= 4 is 5.69 Å². The number of aryl methyl sites for hydroxylation is 2. The van der Waals surface area contributed by atoms with Gasteiger partial charge in [-0.15, -0.1) is 0 Å². The van der Waals surface area contributed by atoms with Gasteiger partial charge in [-0.05, 0) is 44.7 Å². The van der Waals surface area contributed by atoms with Crippen molar-refractivity contribution in [2.75, 3.05) is 5.32 Å². The van der Waals surface area contributed by atoms with Crippen LogP contribution in [0.5, 0.6) is 0 Å². The molecule has 0 radical (unpaired) electrons. The Morgan fingerprint density at radius 1 is 1.29 bits per heavy atom.